The summed E-state index contributed by atoms with van der Waals surface area (Å²) in [5.41, 5.74) is 4.42. The molecule has 0 amide bonds. The van der Waals surface area contributed by atoms with E-state index >= 15 is 0 Å². The van der Waals surface area contributed by atoms with Crippen molar-refractivity contribution in [1.29, 1.82) is 5.26 Å². The molecular formula is C23H29N5. The predicted octanol–water partition coefficient (Wildman–Crippen LogP) is 3.93. The molecule has 1 fully saturated rings. The number of nitrogens with zero attached hydrogens (tertiary/aromatic N) is 4. The second kappa shape index (κ2) is 8.62. The van der Waals surface area contributed by atoms with Crippen LogP contribution < -0.4 is 10.2 Å². The summed E-state index contributed by atoms with van der Waals surface area (Å²) in [6.45, 7) is 7.97. The van der Waals surface area contributed by atoms with Gasteiger partial charge in [0.05, 0.1) is 5.56 Å². The van der Waals surface area contributed by atoms with Crippen molar-refractivity contribution in [3.05, 3.63) is 52.6 Å². The maximum Gasteiger partial charge on any atom is 0.146 e. The Balaban J connectivity index is 1.72. The SMILES string of the molecule is CCN1CCc2c(C#N)c(NCc3ccccc3)nc(N3CCCCC3)c2C1. The van der Waals surface area contributed by atoms with Crippen LogP contribution in [-0.4, -0.2) is 36.1 Å². The quantitative estimate of drug-likeness (QED) is 0.858. The molecule has 1 N–H and O–H groups in total. The zero-order chi connectivity index (χ0) is 19.3. The number of fused-ring (bicyclic) bond motifs is 1. The van der Waals surface area contributed by atoms with E-state index in [2.05, 4.69) is 40.2 Å². The Morgan fingerprint density at radius 1 is 1.07 bits per heavy atom. The van der Waals surface area contributed by atoms with Crippen molar-refractivity contribution in [2.75, 3.05) is 36.4 Å². The van der Waals surface area contributed by atoms with Crippen LogP contribution in [0.2, 0.25) is 0 Å². The lowest BCUT2D eigenvalue weighted by molar-refractivity contribution is 0.267. The molecule has 2 aromatic rings. The zero-order valence-electron chi connectivity index (χ0n) is 16.7. The molecule has 28 heavy (non-hydrogen) atoms. The minimum atomic E-state index is 0.682. The van der Waals surface area contributed by atoms with E-state index in [9.17, 15) is 5.26 Å². The predicted molar refractivity (Wildman–Crippen MR) is 113 cm³/mol. The molecular weight excluding hydrogens is 346 g/mol. The fourth-order valence-electron chi connectivity index (χ4n) is 4.34. The third-order valence-corrected chi connectivity index (χ3v) is 5.97. The van der Waals surface area contributed by atoms with Crippen molar-refractivity contribution in [2.24, 2.45) is 0 Å². The molecule has 2 aliphatic heterocycles. The molecule has 0 saturated carbocycles. The second-order valence-corrected chi connectivity index (χ2v) is 7.73. The van der Waals surface area contributed by atoms with Crippen LogP contribution >= 0.6 is 0 Å². The van der Waals surface area contributed by atoms with Gasteiger partial charge in [-0.1, -0.05) is 37.3 Å². The first-order valence-electron chi connectivity index (χ1n) is 10.5. The van der Waals surface area contributed by atoms with Gasteiger partial charge in [0.1, 0.15) is 17.7 Å². The number of anilines is 2. The Bertz CT molecular complexity index is 850. The normalized spacial score (nSPS) is 17.1. The summed E-state index contributed by atoms with van der Waals surface area (Å²) in [6, 6.07) is 12.8. The molecule has 4 rings (SSSR count). The Morgan fingerprint density at radius 3 is 2.57 bits per heavy atom. The fourth-order valence-corrected chi connectivity index (χ4v) is 4.34. The number of aromatic nitrogens is 1. The average molecular weight is 376 g/mol. The van der Waals surface area contributed by atoms with Crippen molar-refractivity contribution in [3.63, 3.8) is 0 Å². The monoisotopic (exact) mass is 375 g/mol. The van der Waals surface area contributed by atoms with Gasteiger partial charge in [0.2, 0.25) is 0 Å². The van der Waals surface area contributed by atoms with E-state index in [-0.39, 0.29) is 0 Å². The molecule has 0 aliphatic carbocycles. The van der Waals surface area contributed by atoms with E-state index in [1.54, 1.807) is 0 Å². The molecule has 5 heteroatoms. The molecule has 0 atom stereocenters. The molecule has 3 heterocycles. The maximum atomic E-state index is 9.94. The summed E-state index contributed by atoms with van der Waals surface area (Å²) in [5, 5.41) is 13.4. The third-order valence-electron chi connectivity index (χ3n) is 5.97. The molecule has 5 nitrogen and oxygen atoms in total. The number of nitriles is 1. The van der Waals surface area contributed by atoms with Crippen LogP contribution in [0.15, 0.2) is 30.3 Å². The van der Waals surface area contributed by atoms with Crippen molar-refractivity contribution in [2.45, 2.75) is 45.7 Å². The van der Waals surface area contributed by atoms with Gasteiger partial charge in [-0.3, -0.25) is 4.90 Å². The minimum absolute atomic E-state index is 0.682. The number of rotatable bonds is 5. The number of hydrogen-bond donors (Lipinski definition) is 1. The number of benzene rings is 1. The summed E-state index contributed by atoms with van der Waals surface area (Å²) in [7, 11) is 0. The van der Waals surface area contributed by atoms with E-state index in [1.165, 1.54) is 36.0 Å². The van der Waals surface area contributed by atoms with E-state index < -0.39 is 0 Å². The number of pyridine rings is 1. The van der Waals surface area contributed by atoms with Crippen LogP contribution in [0.4, 0.5) is 11.6 Å². The van der Waals surface area contributed by atoms with Crippen molar-refractivity contribution in [1.82, 2.24) is 9.88 Å². The van der Waals surface area contributed by atoms with Gasteiger partial charge < -0.3 is 10.2 Å². The molecule has 0 spiro atoms. The molecule has 0 radical (unpaired) electrons. The van der Waals surface area contributed by atoms with Crippen molar-refractivity contribution < 1.29 is 0 Å². The summed E-state index contributed by atoms with van der Waals surface area (Å²) in [5.74, 6) is 1.85. The molecule has 0 bridgehead atoms. The lowest BCUT2D eigenvalue weighted by Gasteiger charge is -2.35. The first-order valence-corrected chi connectivity index (χ1v) is 10.5. The van der Waals surface area contributed by atoms with Crippen LogP contribution in [0, 0.1) is 11.3 Å². The molecule has 1 aromatic carbocycles. The highest BCUT2D eigenvalue weighted by Gasteiger charge is 2.28. The van der Waals surface area contributed by atoms with Gasteiger partial charge in [-0.05, 0) is 43.4 Å². The first-order chi connectivity index (χ1) is 13.8. The second-order valence-electron chi connectivity index (χ2n) is 7.73. The molecule has 0 unspecified atom stereocenters. The van der Waals surface area contributed by atoms with Crippen LogP contribution in [-0.2, 0) is 19.5 Å². The lowest BCUT2D eigenvalue weighted by Crippen LogP contribution is -2.36. The van der Waals surface area contributed by atoms with Gasteiger partial charge in [-0.15, -0.1) is 0 Å². The lowest BCUT2D eigenvalue weighted by atomic mass is 9.94. The largest absolute Gasteiger partial charge is 0.365 e. The summed E-state index contributed by atoms with van der Waals surface area (Å²) < 4.78 is 0. The standard InChI is InChI=1S/C23H29N5/c1-2-27-14-11-19-20(15-24)22(25-16-18-9-5-3-6-10-18)26-23(21(19)17-27)28-12-7-4-8-13-28/h3,5-6,9-10H,2,4,7-8,11-14,16-17H2,1H3,(H,25,26). The molecule has 1 saturated heterocycles. The molecule has 2 aliphatic rings. The van der Waals surface area contributed by atoms with Gasteiger partial charge >= 0.3 is 0 Å². The van der Waals surface area contributed by atoms with E-state index in [4.69, 9.17) is 4.98 Å². The number of hydrogen-bond acceptors (Lipinski definition) is 5. The fraction of sp³-hybridized carbons (Fsp3) is 0.478. The molecule has 1 aromatic heterocycles. The third kappa shape index (κ3) is 3.83. The maximum absolute atomic E-state index is 9.94. The van der Waals surface area contributed by atoms with Gasteiger partial charge in [-0.2, -0.15) is 5.26 Å². The van der Waals surface area contributed by atoms with Gasteiger partial charge in [0.15, 0.2) is 0 Å². The average Bonchev–Trinajstić information content (AvgIpc) is 2.77. The van der Waals surface area contributed by atoms with Crippen molar-refractivity contribution >= 4 is 11.6 Å². The highest BCUT2D eigenvalue weighted by molar-refractivity contribution is 5.67. The highest BCUT2D eigenvalue weighted by Crippen LogP contribution is 2.34. The van der Waals surface area contributed by atoms with Crippen LogP contribution in [0.25, 0.3) is 0 Å². The summed E-state index contributed by atoms with van der Waals surface area (Å²) >= 11 is 0. The Hall–Kier alpha value is -2.58. The van der Waals surface area contributed by atoms with Crippen LogP contribution in [0.3, 0.4) is 0 Å². The van der Waals surface area contributed by atoms with Gasteiger partial charge in [0.25, 0.3) is 0 Å². The van der Waals surface area contributed by atoms with Crippen LogP contribution in [0.5, 0.6) is 0 Å². The number of piperidine rings is 1. The van der Waals surface area contributed by atoms with E-state index in [0.717, 1.165) is 56.3 Å². The Kier molecular flexibility index (Phi) is 5.78. The first kappa shape index (κ1) is 18.8. The van der Waals surface area contributed by atoms with Crippen molar-refractivity contribution in [3.8, 4) is 6.07 Å². The minimum Gasteiger partial charge on any atom is -0.365 e. The van der Waals surface area contributed by atoms with E-state index in [0.29, 0.717) is 6.54 Å². The number of likely N-dealkylation sites (N-methyl/N-ethyl adjacent to an activating group) is 1. The van der Waals surface area contributed by atoms with E-state index in [1.807, 2.05) is 18.2 Å². The molecule has 146 valence electrons. The summed E-state index contributed by atoms with van der Waals surface area (Å²) in [6.07, 6.45) is 4.67. The Morgan fingerprint density at radius 2 is 1.86 bits per heavy atom. The smallest absolute Gasteiger partial charge is 0.146 e. The van der Waals surface area contributed by atoms with Gasteiger partial charge in [-0.25, -0.2) is 4.98 Å². The zero-order valence-corrected chi connectivity index (χ0v) is 16.7. The van der Waals surface area contributed by atoms with Crippen LogP contribution in [0.1, 0.15) is 48.4 Å². The Labute approximate surface area is 168 Å². The summed E-state index contributed by atoms with van der Waals surface area (Å²) in [4.78, 5) is 9.92. The number of nitrogens with one attached hydrogen (secondary N) is 1. The topological polar surface area (TPSA) is 55.2 Å². The van der Waals surface area contributed by atoms with Gasteiger partial charge in [0, 0.05) is 38.3 Å². The highest BCUT2D eigenvalue weighted by atomic mass is 15.2.